The Labute approximate surface area is 250 Å². The lowest BCUT2D eigenvalue weighted by Crippen LogP contribution is -2.46. The maximum absolute atomic E-state index is 15.1. The molecular formula is C31H29F4N5O4. The van der Waals surface area contributed by atoms with E-state index in [1.807, 2.05) is 0 Å². The Morgan fingerprint density at radius 3 is 2.41 bits per heavy atom. The van der Waals surface area contributed by atoms with Crippen LogP contribution in [0.4, 0.5) is 28.0 Å². The number of nitrogens with one attached hydrogen (secondary N) is 1. The largest absolute Gasteiger partial charge is 0.442 e. The van der Waals surface area contributed by atoms with Crippen molar-refractivity contribution in [3.05, 3.63) is 89.2 Å². The number of nitrogens with zero attached hydrogens (tertiary/aromatic N) is 4. The number of piperazine rings is 1. The Hall–Kier alpha value is -4.94. The quantitative estimate of drug-likeness (QED) is 0.307. The SMILES string of the molecule is CC(=O)NC[C@H]1CN(c2ccc(-c3ccc(C=NN4CCN(C(=O)c5cccc(C(F)(F)F)c5)CC4)cc3)c(F)c2)C(=O)O1. The summed E-state index contributed by atoms with van der Waals surface area (Å²) in [5, 5.41) is 8.82. The Morgan fingerprint density at radius 2 is 1.75 bits per heavy atom. The molecule has 230 valence electrons. The maximum atomic E-state index is 15.1. The molecule has 3 aromatic carbocycles. The molecule has 2 heterocycles. The van der Waals surface area contributed by atoms with Gasteiger partial charge in [0.05, 0.1) is 43.6 Å². The topological polar surface area (TPSA) is 94.5 Å². The molecule has 3 aromatic rings. The maximum Gasteiger partial charge on any atom is 0.416 e. The summed E-state index contributed by atoms with van der Waals surface area (Å²) in [6.07, 6.45) is -4.02. The van der Waals surface area contributed by atoms with Crippen LogP contribution in [0.15, 0.2) is 71.8 Å². The third kappa shape index (κ3) is 7.16. The van der Waals surface area contributed by atoms with Crippen LogP contribution in [0.3, 0.4) is 0 Å². The van der Waals surface area contributed by atoms with E-state index in [-0.39, 0.29) is 24.6 Å². The molecule has 2 aliphatic heterocycles. The van der Waals surface area contributed by atoms with Crippen molar-refractivity contribution in [1.82, 2.24) is 15.2 Å². The van der Waals surface area contributed by atoms with E-state index in [2.05, 4.69) is 10.4 Å². The molecule has 0 spiro atoms. The second-order valence-electron chi connectivity index (χ2n) is 10.4. The van der Waals surface area contributed by atoms with Crippen LogP contribution in [0.2, 0.25) is 0 Å². The third-order valence-electron chi connectivity index (χ3n) is 7.29. The van der Waals surface area contributed by atoms with Crippen LogP contribution in [0.5, 0.6) is 0 Å². The first-order chi connectivity index (χ1) is 21.0. The predicted molar refractivity (Wildman–Crippen MR) is 155 cm³/mol. The minimum Gasteiger partial charge on any atom is -0.442 e. The monoisotopic (exact) mass is 611 g/mol. The molecule has 0 unspecified atom stereocenters. The van der Waals surface area contributed by atoms with E-state index in [1.165, 1.54) is 34.9 Å². The van der Waals surface area contributed by atoms with E-state index >= 15 is 4.39 Å². The van der Waals surface area contributed by atoms with Gasteiger partial charge in [-0.2, -0.15) is 18.3 Å². The highest BCUT2D eigenvalue weighted by molar-refractivity contribution is 5.94. The minimum atomic E-state index is -4.52. The molecule has 2 saturated heterocycles. The normalized spacial score (nSPS) is 17.2. The zero-order valence-corrected chi connectivity index (χ0v) is 23.7. The molecule has 2 fully saturated rings. The number of benzene rings is 3. The van der Waals surface area contributed by atoms with E-state index in [0.29, 0.717) is 43.0 Å². The summed E-state index contributed by atoms with van der Waals surface area (Å²) in [7, 11) is 0. The van der Waals surface area contributed by atoms with Crippen molar-refractivity contribution in [2.24, 2.45) is 5.10 Å². The van der Waals surface area contributed by atoms with E-state index in [0.717, 1.165) is 17.7 Å². The molecule has 1 atom stereocenters. The highest BCUT2D eigenvalue weighted by Gasteiger charge is 2.33. The van der Waals surface area contributed by atoms with Gasteiger partial charge in [-0.3, -0.25) is 19.5 Å². The summed E-state index contributed by atoms with van der Waals surface area (Å²) in [5.41, 5.74) is 1.22. The fourth-order valence-corrected chi connectivity index (χ4v) is 4.92. The van der Waals surface area contributed by atoms with Gasteiger partial charge in [0.25, 0.3) is 5.91 Å². The summed E-state index contributed by atoms with van der Waals surface area (Å²) in [4.78, 5) is 38.9. The number of hydrogen-bond donors (Lipinski definition) is 1. The molecule has 13 heteroatoms. The molecule has 2 aliphatic rings. The highest BCUT2D eigenvalue weighted by Crippen LogP contribution is 2.31. The van der Waals surface area contributed by atoms with Gasteiger partial charge in [0.1, 0.15) is 11.9 Å². The van der Waals surface area contributed by atoms with Gasteiger partial charge in [0.2, 0.25) is 5.91 Å². The molecule has 9 nitrogen and oxygen atoms in total. The van der Waals surface area contributed by atoms with Gasteiger partial charge in [0.15, 0.2) is 0 Å². The number of halogens is 4. The summed E-state index contributed by atoms with van der Waals surface area (Å²) >= 11 is 0. The molecule has 0 bridgehead atoms. The lowest BCUT2D eigenvalue weighted by Gasteiger charge is -2.33. The molecule has 0 aromatic heterocycles. The fourth-order valence-electron chi connectivity index (χ4n) is 4.92. The zero-order chi connectivity index (χ0) is 31.4. The number of amides is 3. The van der Waals surface area contributed by atoms with Crippen molar-refractivity contribution in [1.29, 1.82) is 0 Å². The third-order valence-corrected chi connectivity index (χ3v) is 7.29. The summed E-state index contributed by atoms with van der Waals surface area (Å²) in [6.45, 7) is 3.18. The van der Waals surface area contributed by atoms with Crippen molar-refractivity contribution in [3.8, 4) is 11.1 Å². The first-order valence-electron chi connectivity index (χ1n) is 13.9. The van der Waals surface area contributed by atoms with Crippen LogP contribution in [-0.4, -0.2) is 79.4 Å². The number of cyclic esters (lactones) is 1. The van der Waals surface area contributed by atoms with Gasteiger partial charge in [0, 0.05) is 31.1 Å². The number of anilines is 1. The van der Waals surface area contributed by atoms with Gasteiger partial charge in [-0.15, -0.1) is 0 Å². The van der Waals surface area contributed by atoms with Crippen molar-refractivity contribution in [2.75, 3.05) is 44.2 Å². The molecule has 3 amide bonds. The standard InChI is InChI=1S/C31H29F4N5O4/c1-20(41)36-18-26-19-40(30(43)44-26)25-9-10-27(28(32)16-25)22-7-5-21(6-8-22)17-37-39-13-11-38(12-14-39)29(42)23-3-2-4-24(15-23)31(33,34)35/h2-10,15-17,26H,11-14,18-19H2,1H3,(H,36,41)/t26-/m0/s1. The van der Waals surface area contributed by atoms with Crippen LogP contribution >= 0.6 is 0 Å². The predicted octanol–water partition coefficient (Wildman–Crippen LogP) is 4.76. The highest BCUT2D eigenvalue weighted by atomic mass is 19.4. The number of hydrazone groups is 1. The second-order valence-corrected chi connectivity index (χ2v) is 10.4. The van der Waals surface area contributed by atoms with E-state index < -0.39 is 35.7 Å². The number of rotatable bonds is 7. The minimum absolute atomic E-state index is 0.00571. The number of hydrogen-bond acceptors (Lipinski definition) is 6. The summed E-state index contributed by atoms with van der Waals surface area (Å²) in [5.74, 6) is -1.21. The van der Waals surface area contributed by atoms with Gasteiger partial charge in [-0.25, -0.2) is 9.18 Å². The van der Waals surface area contributed by atoms with Gasteiger partial charge in [-0.1, -0.05) is 30.3 Å². The van der Waals surface area contributed by atoms with Crippen LogP contribution in [-0.2, 0) is 15.7 Å². The lowest BCUT2D eigenvalue weighted by atomic mass is 10.0. The van der Waals surface area contributed by atoms with Crippen LogP contribution < -0.4 is 10.2 Å². The molecule has 44 heavy (non-hydrogen) atoms. The first-order valence-corrected chi connectivity index (χ1v) is 13.9. The molecular weight excluding hydrogens is 582 g/mol. The average Bonchev–Trinajstić information content (AvgIpc) is 3.39. The Kier molecular flexibility index (Phi) is 8.83. The van der Waals surface area contributed by atoms with E-state index in [9.17, 15) is 27.6 Å². The van der Waals surface area contributed by atoms with E-state index in [4.69, 9.17) is 4.74 Å². The first kappa shape index (κ1) is 30.5. The van der Waals surface area contributed by atoms with Gasteiger partial charge >= 0.3 is 12.3 Å². The summed E-state index contributed by atoms with van der Waals surface area (Å²) in [6, 6.07) is 16.0. The molecule has 0 aliphatic carbocycles. The molecule has 0 saturated carbocycles. The van der Waals surface area contributed by atoms with Crippen LogP contribution in [0.25, 0.3) is 11.1 Å². The van der Waals surface area contributed by atoms with Crippen molar-refractivity contribution in [2.45, 2.75) is 19.2 Å². The van der Waals surface area contributed by atoms with Crippen LogP contribution in [0, 0.1) is 5.82 Å². The number of ether oxygens (including phenoxy) is 1. The molecule has 1 N–H and O–H groups in total. The smallest absolute Gasteiger partial charge is 0.416 e. The fraction of sp³-hybridized carbons (Fsp3) is 0.290. The average molecular weight is 612 g/mol. The number of carbonyl (C=O) groups is 3. The van der Waals surface area contributed by atoms with Crippen molar-refractivity contribution >= 4 is 29.8 Å². The number of alkyl halides is 3. The van der Waals surface area contributed by atoms with Gasteiger partial charge < -0.3 is 15.0 Å². The Bertz CT molecular complexity index is 1570. The second kappa shape index (κ2) is 12.7. The summed E-state index contributed by atoms with van der Waals surface area (Å²) < 4.78 is 59.4. The van der Waals surface area contributed by atoms with Gasteiger partial charge in [-0.05, 0) is 47.5 Å². The molecule has 0 radical (unpaired) electrons. The van der Waals surface area contributed by atoms with Crippen LogP contribution in [0.1, 0.15) is 28.4 Å². The van der Waals surface area contributed by atoms with Crippen molar-refractivity contribution < 1.29 is 36.7 Å². The lowest BCUT2D eigenvalue weighted by molar-refractivity contribution is -0.137. The van der Waals surface area contributed by atoms with Crippen molar-refractivity contribution in [3.63, 3.8) is 0 Å². The van der Waals surface area contributed by atoms with E-state index in [1.54, 1.807) is 47.6 Å². The Morgan fingerprint density at radius 1 is 1.02 bits per heavy atom. The Balaban J connectivity index is 1.15. The molecule has 5 rings (SSSR count). The number of carbonyl (C=O) groups excluding carboxylic acids is 3. The zero-order valence-electron chi connectivity index (χ0n) is 23.7.